The van der Waals surface area contributed by atoms with E-state index in [9.17, 15) is 14.4 Å². The second-order valence-electron chi connectivity index (χ2n) is 7.71. The molecule has 2 N–H and O–H groups in total. The van der Waals surface area contributed by atoms with Crippen LogP contribution in [-0.2, 0) is 14.4 Å². The third-order valence-electron chi connectivity index (χ3n) is 4.50. The van der Waals surface area contributed by atoms with Crippen LogP contribution in [0.25, 0.3) is 0 Å². The highest BCUT2D eigenvalue weighted by atomic mass is 79.9. The standard InChI is InChI=1S/C23H28BrN3O3/c1-15(2)12-20(28)26-22(17-8-6-5-7-9-17)23(30)27(4)14-21(29)25-19-11-10-18(24)13-16(19)3/h5-11,13,15,22H,12,14H2,1-4H3,(H,25,29)(H,26,28). The van der Waals surface area contributed by atoms with Crippen LogP contribution in [0.15, 0.2) is 53.0 Å². The summed E-state index contributed by atoms with van der Waals surface area (Å²) in [7, 11) is 1.56. The lowest BCUT2D eigenvalue weighted by molar-refractivity contribution is -0.137. The van der Waals surface area contributed by atoms with Crippen LogP contribution < -0.4 is 10.6 Å². The number of benzene rings is 2. The van der Waals surface area contributed by atoms with Crippen molar-refractivity contribution in [3.05, 3.63) is 64.1 Å². The number of aryl methyl sites for hydroxylation is 1. The van der Waals surface area contributed by atoms with E-state index < -0.39 is 6.04 Å². The maximum absolute atomic E-state index is 13.1. The van der Waals surface area contributed by atoms with Crippen LogP contribution in [0.3, 0.4) is 0 Å². The summed E-state index contributed by atoms with van der Waals surface area (Å²) in [6.45, 7) is 5.65. The second-order valence-corrected chi connectivity index (χ2v) is 8.63. The number of anilines is 1. The maximum Gasteiger partial charge on any atom is 0.250 e. The monoisotopic (exact) mass is 473 g/mol. The first-order valence-electron chi connectivity index (χ1n) is 9.82. The van der Waals surface area contributed by atoms with Crippen LogP contribution in [0, 0.1) is 12.8 Å². The Balaban J connectivity index is 2.10. The van der Waals surface area contributed by atoms with E-state index in [1.54, 1.807) is 25.2 Å². The van der Waals surface area contributed by atoms with E-state index in [0.717, 1.165) is 10.0 Å². The average Bonchev–Trinajstić information content (AvgIpc) is 2.68. The molecule has 0 spiro atoms. The highest BCUT2D eigenvalue weighted by Crippen LogP contribution is 2.20. The van der Waals surface area contributed by atoms with Crippen LogP contribution >= 0.6 is 15.9 Å². The first-order valence-corrected chi connectivity index (χ1v) is 10.6. The molecule has 2 aromatic carbocycles. The molecule has 0 saturated heterocycles. The zero-order valence-corrected chi connectivity index (χ0v) is 19.3. The minimum atomic E-state index is -0.843. The van der Waals surface area contributed by atoms with Crippen molar-refractivity contribution in [1.82, 2.24) is 10.2 Å². The van der Waals surface area contributed by atoms with Gasteiger partial charge in [-0.05, 0) is 42.2 Å². The Kier molecular flexibility index (Phi) is 8.59. The molecule has 6 nitrogen and oxygen atoms in total. The molecule has 7 heteroatoms. The average molecular weight is 474 g/mol. The van der Waals surface area contributed by atoms with Crippen molar-refractivity contribution in [1.29, 1.82) is 0 Å². The van der Waals surface area contributed by atoms with Gasteiger partial charge in [-0.25, -0.2) is 0 Å². The number of carbonyl (C=O) groups excluding carboxylic acids is 3. The normalized spacial score (nSPS) is 11.7. The Morgan fingerprint density at radius 3 is 2.30 bits per heavy atom. The first kappa shape index (κ1) is 23.6. The SMILES string of the molecule is Cc1cc(Br)ccc1NC(=O)CN(C)C(=O)C(NC(=O)CC(C)C)c1ccccc1. The van der Waals surface area contributed by atoms with Crippen LogP contribution in [0.5, 0.6) is 0 Å². The highest BCUT2D eigenvalue weighted by Gasteiger charge is 2.27. The third kappa shape index (κ3) is 6.99. The molecule has 2 rings (SSSR count). The predicted molar refractivity (Wildman–Crippen MR) is 122 cm³/mol. The van der Waals surface area contributed by atoms with Crippen molar-refractivity contribution in [2.24, 2.45) is 5.92 Å². The Morgan fingerprint density at radius 2 is 1.70 bits per heavy atom. The van der Waals surface area contributed by atoms with Gasteiger partial charge < -0.3 is 15.5 Å². The minimum Gasteiger partial charge on any atom is -0.341 e. The molecule has 0 aliphatic heterocycles. The molecule has 0 radical (unpaired) electrons. The molecule has 0 aliphatic carbocycles. The van der Waals surface area contributed by atoms with Gasteiger partial charge in [0, 0.05) is 23.6 Å². The minimum absolute atomic E-state index is 0.127. The molecule has 0 heterocycles. The lowest BCUT2D eigenvalue weighted by atomic mass is 10.0. The number of hydrogen-bond donors (Lipinski definition) is 2. The van der Waals surface area contributed by atoms with Crippen molar-refractivity contribution in [2.75, 3.05) is 18.9 Å². The lowest BCUT2D eigenvalue weighted by Crippen LogP contribution is -2.44. The maximum atomic E-state index is 13.1. The molecule has 0 aliphatic rings. The Bertz CT molecular complexity index is 900. The number of carbonyl (C=O) groups is 3. The lowest BCUT2D eigenvalue weighted by Gasteiger charge is -2.25. The van der Waals surface area contributed by atoms with Crippen LogP contribution in [0.4, 0.5) is 5.69 Å². The van der Waals surface area contributed by atoms with Gasteiger partial charge in [0.05, 0.1) is 6.54 Å². The van der Waals surface area contributed by atoms with E-state index in [0.29, 0.717) is 17.7 Å². The number of nitrogens with one attached hydrogen (secondary N) is 2. The van der Waals surface area contributed by atoms with Gasteiger partial charge in [0.15, 0.2) is 0 Å². The zero-order chi connectivity index (χ0) is 22.3. The van der Waals surface area contributed by atoms with E-state index in [-0.39, 0.29) is 30.2 Å². The van der Waals surface area contributed by atoms with Gasteiger partial charge in [-0.1, -0.05) is 60.1 Å². The van der Waals surface area contributed by atoms with Gasteiger partial charge in [-0.2, -0.15) is 0 Å². The van der Waals surface area contributed by atoms with Crippen molar-refractivity contribution in [3.63, 3.8) is 0 Å². The number of halogens is 1. The molecule has 1 atom stereocenters. The zero-order valence-electron chi connectivity index (χ0n) is 17.7. The fourth-order valence-corrected chi connectivity index (χ4v) is 3.47. The summed E-state index contributed by atoms with van der Waals surface area (Å²) in [5.41, 5.74) is 2.28. The molecule has 3 amide bonds. The molecular formula is C23H28BrN3O3. The van der Waals surface area contributed by atoms with Gasteiger partial charge >= 0.3 is 0 Å². The van der Waals surface area contributed by atoms with Gasteiger partial charge in [0.1, 0.15) is 6.04 Å². The molecule has 0 fully saturated rings. The number of hydrogen-bond acceptors (Lipinski definition) is 3. The van der Waals surface area contributed by atoms with Gasteiger partial charge in [0.25, 0.3) is 0 Å². The van der Waals surface area contributed by atoms with E-state index in [1.807, 2.05) is 51.1 Å². The van der Waals surface area contributed by atoms with Crippen LogP contribution in [0.1, 0.15) is 37.4 Å². The molecule has 160 valence electrons. The molecule has 2 aromatic rings. The summed E-state index contributed by atoms with van der Waals surface area (Å²) < 4.78 is 0.924. The quantitative estimate of drug-likeness (QED) is 0.606. The summed E-state index contributed by atoms with van der Waals surface area (Å²) in [5.74, 6) is -0.678. The molecule has 30 heavy (non-hydrogen) atoms. The summed E-state index contributed by atoms with van der Waals surface area (Å²) in [6, 6.07) is 13.8. The van der Waals surface area contributed by atoms with E-state index in [2.05, 4.69) is 26.6 Å². The summed E-state index contributed by atoms with van der Waals surface area (Å²) in [4.78, 5) is 39.2. The van der Waals surface area contributed by atoms with E-state index >= 15 is 0 Å². The summed E-state index contributed by atoms with van der Waals surface area (Å²) in [6.07, 6.45) is 0.323. The van der Waals surface area contributed by atoms with Gasteiger partial charge in [-0.15, -0.1) is 0 Å². The topological polar surface area (TPSA) is 78.5 Å². The molecule has 0 saturated carbocycles. The van der Waals surface area contributed by atoms with Gasteiger partial charge in [0.2, 0.25) is 17.7 Å². The fourth-order valence-electron chi connectivity index (χ4n) is 2.99. The van der Waals surface area contributed by atoms with E-state index in [1.165, 1.54) is 4.90 Å². The summed E-state index contributed by atoms with van der Waals surface area (Å²) >= 11 is 3.39. The first-order chi connectivity index (χ1) is 14.2. The van der Waals surface area contributed by atoms with Crippen LogP contribution in [-0.4, -0.2) is 36.2 Å². The van der Waals surface area contributed by atoms with Gasteiger partial charge in [-0.3, -0.25) is 14.4 Å². The van der Waals surface area contributed by atoms with Crippen molar-refractivity contribution < 1.29 is 14.4 Å². The number of nitrogens with zero attached hydrogens (tertiary/aromatic N) is 1. The Labute approximate surface area is 186 Å². The molecular weight excluding hydrogens is 446 g/mol. The highest BCUT2D eigenvalue weighted by molar-refractivity contribution is 9.10. The van der Waals surface area contributed by atoms with Crippen LogP contribution in [0.2, 0.25) is 0 Å². The number of rotatable bonds is 8. The fraction of sp³-hybridized carbons (Fsp3) is 0.348. The van der Waals surface area contributed by atoms with E-state index in [4.69, 9.17) is 0 Å². The largest absolute Gasteiger partial charge is 0.341 e. The summed E-state index contributed by atoms with van der Waals surface area (Å²) in [5, 5.41) is 5.64. The smallest absolute Gasteiger partial charge is 0.250 e. The molecule has 1 unspecified atom stereocenters. The number of amides is 3. The molecule has 0 aromatic heterocycles. The molecule has 0 bridgehead atoms. The number of likely N-dealkylation sites (N-methyl/N-ethyl adjacent to an activating group) is 1. The Morgan fingerprint density at radius 1 is 1.03 bits per heavy atom. The second kappa shape index (κ2) is 10.9. The predicted octanol–water partition coefficient (Wildman–Crippen LogP) is 4.06. The van der Waals surface area contributed by atoms with Crippen molar-refractivity contribution in [2.45, 2.75) is 33.2 Å². The Hall–Kier alpha value is -2.67. The third-order valence-corrected chi connectivity index (χ3v) is 4.99. The van der Waals surface area contributed by atoms with Crippen molar-refractivity contribution >= 4 is 39.3 Å². The van der Waals surface area contributed by atoms with Crippen molar-refractivity contribution in [3.8, 4) is 0 Å².